The van der Waals surface area contributed by atoms with Gasteiger partial charge >= 0.3 is 0 Å². The minimum atomic E-state index is -0.316. The third-order valence-electron chi connectivity index (χ3n) is 3.26. The van der Waals surface area contributed by atoms with Gasteiger partial charge in [0.05, 0.1) is 10.7 Å². The van der Waals surface area contributed by atoms with Crippen LogP contribution >= 0.6 is 23.2 Å². The van der Waals surface area contributed by atoms with Crippen molar-refractivity contribution in [3.63, 3.8) is 0 Å². The Labute approximate surface area is 154 Å². The van der Waals surface area contributed by atoms with Crippen LogP contribution in [0.5, 0.6) is 0 Å². The van der Waals surface area contributed by atoms with Gasteiger partial charge in [-0.05, 0) is 42.0 Å². The Morgan fingerprint density at radius 3 is 2.68 bits per heavy atom. The highest BCUT2D eigenvalue weighted by molar-refractivity contribution is 6.35. The number of amides is 1. The van der Waals surface area contributed by atoms with Gasteiger partial charge in [-0.25, -0.2) is 0 Å². The van der Waals surface area contributed by atoms with E-state index >= 15 is 0 Å². The van der Waals surface area contributed by atoms with Gasteiger partial charge in [-0.1, -0.05) is 29.3 Å². The van der Waals surface area contributed by atoms with E-state index < -0.39 is 0 Å². The van der Waals surface area contributed by atoms with Gasteiger partial charge in [0.1, 0.15) is 0 Å². The maximum absolute atomic E-state index is 12.1. The number of rotatable bonds is 5. The van der Waals surface area contributed by atoms with Crippen molar-refractivity contribution in [2.45, 2.75) is 6.54 Å². The van der Waals surface area contributed by atoms with Gasteiger partial charge in [0, 0.05) is 24.0 Å². The molecule has 2 heterocycles. The first kappa shape index (κ1) is 17.1. The third kappa shape index (κ3) is 4.65. The zero-order valence-corrected chi connectivity index (χ0v) is 14.4. The zero-order valence-electron chi connectivity index (χ0n) is 12.9. The van der Waals surface area contributed by atoms with Crippen LogP contribution in [0.15, 0.2) is 54.9 Å². The van der Waals surface area contributed by atoms with Crippen molar-refractivity contribution in [3.8, 4) is 0 Å². The second kappa shape index (κ2) is 7.92. The summed E-state index contributed by atoms with van der Waals surface area (Å²) in [6.07, 6.45) is 3.36. The van der Waals surface area contributed by atoms with Crippen molar-refractivity contribution in [2.24, 2.45) is 0 Å². The first-order valence-electron chi connectivity index (χ1n) is 7.35. The summed E-state index contributed by atoms with van der Waals surface area (Å²) in [5.74, 6) is 0.136. The van der Waals surface area contributed by atoms with E-state index in [1.807, 2.05) is 12.1 Å². The largest absolute Gasteiger partial charge is 0.347 e. The molecule has 6 nitrogen and oxygen atoms in total. The normalized spacial score (nSPS) is 10.3. The molecule has 0 fully saturated rings. The fourth-order valence-electron chi connectivity index (χ4n) is 2.03. The summed E-state index contributed by atoms with van der Waals surface area (Å²) in [5, 5.41) is 14.7. The highest BCUT2D eigenvalue weighted by atomic mass is 35.5. The maximum Gasteiger partial charge on any atom is 0.272 e. The Morgan fingerprint density at radius 2 is 1.96 bits per heavy atom. The molecule has 0 saturated heterocycles. The van der Waals surface area contributed by atoms with Crippen LogP contribution in [0.25, 0.3) is 0 Å². The molecule has 3 aromatic rings. The summed E-state index contributed by atoms with van der Waals surface area (Å²) in [6.45, 7) is 0.368. The molecule has 0 aliphatic heterocycles. The molecule has 3 rings (SSSR count). The maximum atomic E-state index is 12.1. The number of carbonyl (C=O) groups excluding carboxylic acids is 1. The van der Waals surface area contributed by atoms with Crippen molar-refractivity contribution < 1.29 is 4.79 Å². The zero-order chi connectivity index (χ0) is 17.6. The minimum absolute atomic E-state index is 0.214. The van der Waals surface area contributed by atoms with Crippen LogP contribution in [0.3, 0.4) is 0 Å². The molecule has 0 unspecified atom stereocenters. The van der Waals surface area contributed by atoms with E-state index in [9.17, 15) is 4.79 Å². The minimum Gasteiger partial charge on any atom is -0.347 e. The number of nitrogens with zero attached hydrogens (tertiary/aromatic N) is 3. The second-order valence-corrected chi connectivity index (χ2v) is 5.94. The van der Waals surface area contributed by atoms with Crippen LogP contribution < -0.4 is 10.6 Å². The predicted octanol–water partition coefficient (Wildman–Crippen LogP) is 3.85. The molecule has 0 saturated carbocycles. The van der Waals surface area contributed by atoms with Gasteiger partial charge in [0.2, 0.25) is 0 Å². The van der Waals surface area contributed by atoms with E-state index in [1.54, 1.807) is 42.7 Å². The van der Waals surface area contributed by atoms with E-state index in [-0.39, 0.29) is 11.6 Å². The summed E-state index contributed by atoms with van der Waals surface area (Å²) < 4.78 is 0. The molecule has 0 radical (unpaired) electrons. The molecule has 1 aromatic carbocycles. The van der Waals surface area contributed by atoms with Crippen LogP contribution in [-0.4, -0.2) is 21.1 Å². The quantitative estimate of drug-likeness (QED) is 0.709. The van der Waals surface area contributed by atoms with Gasteiger partial charge in [0.15, 0.2) is 11.5 Å². The molecule has 0 atom stereocenters. The number of nitrogens with one attached hydrogen (secondary N) is 2. The summed E-state index contributed by atoms with van der Waals surface area (Å²) >= 11 is 12.0. The summed E-state index contributed by atoms with van der Waals surface area (Å²) in [7, 11) is 0. The van der Waals surface area contributed by atoms with Crippen LogP contribution in [0.2, 0.25) is 10.0 Å². The highest BCUT2D eigenvalue weighted by Crippen LogP contribution is 2.27. The average Bonchev–Trinajstić information content (AvgIpc) is 2.64. The van der Waals surface area contributed by atoms with E-state index in [1.165, 1.54) is 0 Å². The van der Waals surface area contributed by atoms with Crippen molar-refractivity contribution >= 4 is 40.6 Å². The van der Waals surface area contributed by atoms with Gasteiger partial charge in [0.25, 0.3) is 5.91 Å². The number of halogens is 2. The Hall–Kier alpha value is -2.70. The first-order valence-corrected chi connectivity index (χ1v) is 8.10. The first-order chi connectivity index (χ1) is 12.1. The monoisotopic (exact) mass is 373 g/mol. The van der Waals surface area contributed by atoms with Crippen molar-refractivity contribution in [2.75, 3.05) is 5.32 Å². The lowest BCUT2D eigenvalue weighted by Crippen LogP contribution is -2.24. The molecular weight excluding hydrogens is 361 g/mol. The van der Waals surface area contributed by atoms with E-state index in [4.69, 9.17) is 23.2 Å². The van der Waals surface area contributed by atoms with Crippen LogP contribution in [0.4, 0.5) is 11.5 Å². The molecular formula is C17H13Cl2N5O. The number of hydrogen-bond donors (Lipinski definition) is 2. The second-order valence-electron chi connectivity index (χ2n) is 5.10. The van der Waals surface area contributed by atoms with Crippen LogP contribution in [0, 0.1) is 0 Å². The molecule has 1 amide bonds. The number of benzene rings is 1. The molecule has 25 heavy (non-hydrogen) atoms. The van der Waals surface area contributed by atoms with Gasteiger partial charge in [-0.15, -0.1) is 10.2 Å². The lowest BCUT2D eigenvalue weighted by Gasteiger charge is -2.08. The van der Waals surface area contributed by atoms with Crippen LogP contribution in [0.1, 0.15) is 16.1 Å². The number of hydrogen-bond acceptors (Lipinski definition) is 5. The summed E-state index contributed by atoms with van der Waals surface area (Å²) in [4.78, 5) is 16.1. The number of pyridine rings is 1. The molecule has 0 spiro atoms. The summed E-state index contributed by atoms with van der Waals surface area (Å²) in [5.41, 5.74) is 1.72. The smallest absolute Gasteiger partial charge is 0.272 e. The summed E-state index contributed by atoms with van der Waals surface area (Å²) in [6, 6.07) is 12.0. The fraction of sp³-hybridized carbons (Fsp3) is 0.0588. The number of carbonyl (C=O) groups is 1. The van der Waals surface area contributed by atoms with E-state index in [2.05, 4.69) is 25.8 Å². The van der Waals surface area contributed by atoms with Gasteiger partial charge < -0.3 is 10.6 Å². The Kier molecular flexibility index (Phi) is 5.42. The average molecular weight is 374 g/mol. The molecule has 8 heteroatoms. The lowest BCUT2D eigenvalue weighted by molar-refractivity contribution is 0.0945. The molecule has 126 valence electrons. The van der Waals surface area contributed by atoms with Crippen molar-refractivity contribution in [1.29, 1.82) is 0 Å². The lowest BCUT2D eigenvalue weighted by atomic mass is 10.3. The Bertz CT molecular complexity index is 872. The molecule has 2 N–H and O–H groups in total. The number of anilines is 2. The van der Waals surface area contributed by atoms with Crippen LogP contribution in [-0.2, 0) is 6.54 Å². The predicted molar refractivity (Wildman–Crippen MR) is 97.2 cm³/mol. The van der Waals surface area contributed by atoms with Gasteiger partial charge in [-0.3, -0.25) is 9.78 Å². The number of aromatic nitrogens is 3. The van der Waals surface area contributed by atoms with Crippen molar-refractivity contribution in [3.05, 3.63) is 76.2 Å². The molecule has 0 bridgehead atoms. The van der Waals surface area contributed by atoms with Crippen molar-refractivity contribution in [1.82, 2.24) is 20.5 Å². The van der Waals surface area contributed by atoms with Gasteiger partial charge in [-0.2, -0.15) is 0 Å². The SMILES string of the molecule is O=C(NCc1cccnc1)c1ccc(Nc2cc(Cl)ccc2Cl)nn1. The Balaban J connectivity index is 1.63. The standard InChI is InChI=1S/C17H13Cl2N5O/c18-12-3-4-13(19)15(8-12)22-16-6-5-14(23-24-16)17(25)21-10-11-2-1-7-20-9-11/h1-9H,10H2,(H,21,25)(H,22,24). The highest BCUT2D eigenvalue weighted by Gasteiger charge is 2.09. The fourth-order valence-corrected chi connectivity index (χ4v) is 2.36. The topological polar surface area (TPSA) is 79.8 Å². The van der Waals surface area contributed by atoms with E-state index in [0.29, 0.717) is 28.1 Å². The Morgan fingerprint density at radius 1 is 1.08 bits per heavy atom. The third-order valence-corrected chi connectivity index (χ3v) is 3.83. The molecule has 2 aromatic heterocycles. The molecule has 0 aliphatic rings. The molecule has 0 aliphatic carbocycles. The van der Waals surface area contributed by atoms with E-state index in [0.717, 1.165) is 5.56 Å².